The Labute approximate surface area is 175 Å². The number of rotatable bonds is 6. The molecule has 4 rings (SSSR count). The van der Waals surface area contributed by atoms with Gasteiger partial charge in [-0.15, -0.1) is 0 Å². The third-order valence-corrected chi connectivity index (χ3v) is 4.35. The Kier molecular flexibility index (Phi) is 5.39. The van der Waals surface area contributed by atoms with E-state index in [1.165, 1.54) is 24.3 Å². The Morgan fingerprint density at radius 1 is 1.06 bits per heavy atom. The van der Waals surface area contributed by atoms with Gasteiger partial charge >= 0.3 is 5.63 Å². The molecular weight excluding hydrogens is 402 g/mol. The number of ether oxygens (including phenoxy) is 1. The predicted molar refractivity (Wildman–Crippen MR) is 113 cm³/mol. The summed E-state index contributed by atoms with van der Waals surface area (Å²) in [5, 5.41) is 13.8. The van der Waals surface area contributed by atoms with Crippen molar-refractivity contribution in [3.8, 4) is 17.2 Å². The molecular formula is C22H15N3O6. The average Bonchev–Trinajstić information content (AvgIpc) is 2.78. The van der Waals surface area contributed by atoms with Crippen molar-refractivity contribution in [3.63, 3.8) is 0 Å². The largest absolute Gasteiger partial charge is 0.484 e. The van der Waals surface area contributed by atoms with Crippen molar-refractivity contribution < 1.29 is 18.9 Å². The molecule has 4 aromatic rings. The summed E-state index contributed by atoms with van der Waals surface area (Å²) in [7, 11) is 0. The topological polar surface area (TPSA) is 125 Å². The summed E-state index contributed by atoms with van der Waals surface area (Å²) in [5.41, 5.74) is 1.01. The fraction of sp³-hybridized carbons (Fsp3) is 0.0455. The second kappa shape index (κ2) is 8.46. The lowest BCUT2D eigenvalue weighted by atomic mass is 10.2. The molecule has 0 radical (unpaired) electrons. The molecule has 0 saturated carbocycles. The van der Waals surface area contributed by atoms with Crippen molar-refractivity contribution in [2.24, 2.45) is 0 Å². The van der Waals surface area contributed by atoms with E-state index in [1.54, 1.807) is 48.5 Å². The molecule has 31 heavy (non-hydrogen) atoms. The van der Waals surface area contributed by atoms with E-state index in [1.807, 2.05) is 0 Å². The highest BCUT2D eigenvalue weighted by Gasteiger charge is 2.10. The van der Waals surface area contributed by atoms with Gasteiger partial charge in [-0.2, -0.15) is 0 Å². The van der Waals surface area contributed by atoms with Gasteiger partial charge in [0.2, 0.25) is 5.89 Å². The first-order valence-electron chi connectivity index (χ1n) is 9.17. The minimum atomic E-state index is -0.541. The number of fused-ring (bicyclic) bond motifs is 1. The zero-order valence-electron chi connectivity index (χ0n) is 16.0. The lowest BCUT2D eigenvalue weighted by Crippen LogP contribution is -2.20. The van der Waals surface area contributed by atoms with Gasteiger partial charge in [-0.3, -0.25) is 14.9 Å². The molecule has 9 nitrogen and oxygen atoms in total. The van der Waals surface area contributed by atoms with Crippen molar-refractivity contribution in [3.05, 3.63) is 93.3 Å². The number of anilines is 1. The number of hydrogen-bond donors (Lipinski definition) is 1. The normalized spacial score (nSPS) is 10.6. The van der Waals surface area contributed by atoms with E-state index in [2.05, 4.69) is 10.3 Å². The molecule has 0 aliphatic rings. The number of carbonyl (C=O) groups excluding carboxylic acids is 1. The fourth-order valence-corrected chi connectivity index (χ4v) is 2.87. The molecule has 0 aliphatic carbocycles. The van der Waals surface area contributed by atoms with Crippen LogP contribution < -0.4 is 15.7 Å². The molecule has 9 heteroatoms. The number of nitro benzene ring substituents is 1. The summed E-state index contributed by atoms with van der Waals surface area (Å²) < 4.78 is 10.6. The van der Waals surface area contributed by atoms with Gasteiger partial charge in [-0.1, -0.05) is 18.2 Å². The zero-order valence-corrected chi connectivity index (χ0v) is 16.0. The molecule has 1 amide bonds. The second-order valence-corrected chi connectivity index (χ2v) is 6.49. The van der Waals surface area contributed by atoms with E-state index >= 15 is 0 Å². The summed E-state index contributed by atoms with van der Waals surface area (Å²) >= 11 is 0. The van der Waals surface area contributed by atoms with E-state index in [4.69, 9.17) is 9.15 Å². The summed E-state index contributed by atoms with van der Waals surface area (Å²) in [6, 6.07) is 19.1. The SMILES string of the molecule is O=C(COc1cccc([N+](=O)[O-])c1)Nc1ccc(-c2nc3ccccc3c(=O)o2)cc1. The number of nitrogens with one attached hydrogen (secondary N) is 1. The molecule has 0 fully saturated rings. The third kappa shape index (κ3) is 4.56. The number of hydrogen-bond acceptors (Lipinski definition) is 7. The summed E-state index contributed by atoms with van der Waals surface area (Å²) in [5.74, 6) is -0.0395. The van der Waals surface area contributed by atoms with Crippen molar-refractivity contribution in [2.75, 3.05) is 11.9 Å². The quantitative estimate of drug-likeness (QED) is 0.374. The molecule has 1 heterocycles. The minimum Gasteiger partial charge on any atom is -0.484 e. The van der Waals surface area contributed by atoms with E-state index < -0.39 is 16.5 Å². The van der Waals surface area contributed by atoms with Crippen LogP contribution in [0.5, 0.6) is 5.75 Å². The monoisotopic (exact) mass is 417 g/mol. The standard InChI is InChI=1S/C22H15N3O6/c26-20(13-30-17-5-3-4-16(12-17)25(28)29)23-15-10-8-14(9-11-15)21-24-19-7-2-1-6-18(19)22(27)31-21/h1-12H,13H2,(H,23,26). The van der Waals surface area contributed by atoms with E-state index in [9.17, 15) is 19.7 Å². The number of amides is 1. The third-order valence-electron chi connectivity index (χ3n) is 4.35. The molecule has 154 valence electrons. The smallest absolute Gasteiger partial charge is 0.347 e. The summed E-state index contributed by atoms with van der Waals surface area (Å²) in [6.07, 6.45) is 0. The first-order chi connectivity index (χ1) is 15.0. The number of non-ortho nitro benzene ring substituents is 1. The maximum Gasteiger partial charge on any atom is 0.347 e. The molecule has 3 aromatic carbocycles. The van der Waals surface area contributed by atoms with Crippen molar-refractivity contribution in [2.45, 2.75) is 0 Å². The summed E-state index contributed by atoms with van der Waals surface area (Å²) in [6.45, 7) is -0.315. The maximum absolute atomic E-state index is 12.1. The van der Waals surface area contributed by atoms with Crippen LogP contribution in [0.4, 0.5) is 11.4 Å². The van der Waals surface area contributed by atoms with Gasteiger partial charge in [-0.25, -0.2) is 9.78 Å². The number of aromatic nitrogens is 1. The van der Waals surface area contributed by atoms with Crippen LogP contribution in [-0.4, -0.2) is 22.4 Å². The van der Waals surface area contributed by atoms with Crippen LogP contribution in [0.15, 0.2) is 82.0 Å². The minimum absolute atomic E-state index is 0.123. The van der Waals surface area contributed by atoms with Gasteiger partial charge in [0.25, 0.3) is 11.6 Å². The maximum atomic E-state index is 12.1. The molecule has 1 aromatic heterocycles. The van der Waals surface area contributed by atoms with Crippen molar-refractivity contribution in [1.29, 1.82) is 0 Å². The van der Waals surface area contributed by atoms with E-state index in [-0.39, 0.29) is 23.9 Å². The average molecular weight is 417 g/mol. The van der Waals surface area contributed by atoms with E-state index in [0.717, 1.165) is 0 Å². The Balaban J connectivity index is 1.42. The fourth-order valence-electron chi connectivity index (χ4n) is 2.87. The number of para-hydroxylation sites is 1. The van der Waals surface area contributed by atoms with Gasteiger partial charge in [0.1, 0.15) is 5.75 Å². The number of nitrogens with zero attached hydrogens (tertiary/aromatic N) is 2. The van der Waals surface area contributed by atoms with Crippen LogP contribution in [0.2, 0.25) is 0 Å². The molecule has 0 spiro atoms. The number of nitro groups is 1. The van der Waals surface area contributed by atoms with E-state index in [0.29, 0.717) is 22.2 Å². The zero-order chi connectivity index (χ0) is 21.8. The van der Waals surface area contributed by atoms with Crippen LogP contribution in [0.25, 0.3) is 22.4 Å². The predicted octanol–water partition coefficient (Wildman–Crippen LogP) is 3.78. The lowest BCUT2D eigenvalue weighted by molar-refractivity contribution is -0.384. The van der Waals surface area contributed by atoms with Crippen molar-refractivity contribution in [1.82, 2.24) is 4.98 Å². The van der Waals surface area contributed by atoms with Gasteiger partial charge < -0.3 is 14.5 Å². The molecule has 0 aliphatic heterocycles. The van der Waals surface area contributed by atoms with Crippen LogP contribution >= 0.6 is 0 Å². The molecule has 1 N–H and O–H groups in total. The highest BCUT2D eigenvalue weighted by atomic mass is 16.6. The molecule has 0 unspecified atom stereocenters. The van der Waals surface area contributed by atoms with Crippen LogP contribution in [0.3, 0.4) is 0 Å². The van der Waals surface area contributed by atoms with Crippen LogP contribution in [0, 0.1) is 10.1 Å². The Morgan fingerprint density at radius 3 is 2.61 bits per heavy atom. The highest BCUT2D eigenvalue weighted by molar-refractivity contribution is 5.92. The Hall–Kier alpha value is -4.53. The highest BCUT2D eigenvalue weighted by Crippen LogP contribution is 2.21. The molecule has 0 bridgehead atoms. The van der Waals surface area contributed by atoms with Crippen LogP contribution in [-0.2, 0) is 4.79 Å². The van der Waals surface area contributed by atoms with Crippen LogP contribution in [0.1, 0.15) is 0 Å². The van der Waals surface area contributed by atoms with Crippen molar-refractivity contribution >= 4 is 28.2 Å². The van der Waals surface area contributed by atoms with Gasteiger partial charge in [0.15, 0.2) is 6.61 Å². The number of benzene rings is 3. The molecule has 0 saturated heterocycles. The Bertz CT molecular complexity index is 1330. The number of carbonyl (C=O) groups is 1. The first-order valence-corrected chi connectivity index (χ1v) is 9.17. The summed E-state index contributed by atoms with van der Waals surface area (Å²) in [4.78, 5) is 38.8. The first kappa shape index (κ1) is 19.8. The van der Waals surface area contributed by atoms with Gasteiger partial charge in [-0.05, 0) is 42.5 Å². The lowest BCUT2D eigenvalue weighted by Gasteiger charge is -2.08. The van der Waals surface area contributed by atoms with Gasteiger partial charge in [0, 0.05) is 17.3 Å². The van der Waals surface area contributed by atoms with Gasteiger partial charge in [0.05, 0.1) is 21.9 Å². The second-order valence-electron chi connectivity index (χ2n) is 6.49. The Morgan fingerprint density at radius 2 is 1.84 bits per heavy atom. The molecule has 0 atom stereocenters.